The molecular formula is C20H32N2O2. The van der Waals surface area contributed by atoms with E-state index in [9.17, 15) is 0 Å². The molecule has 1 aromatic rings. The van der Waals surface area contributed by atoms with Crippen LogP contribution in [0.2, 0.25) is 0 Å². The van der Waals surface area contributed by atoms with E-state index < -0.39 is 0 Å². The van der Waals surface area contributed by atoms with Crippen molar-refractivity contribution in [1.82, 2.24) is 10.2 Å². The predicted molar refractivity (Wildman–Crippen MR) is 97.6 cm³/mol. The molecule has 1 atom stereocenters. The van der Waals surface area contributed by atoms with E-state index in [4.69, 9.17) is 9.47 Å². The van der Waals surface area contributed by atoms with Crippen LogP contribution < -0.4 is 10.1 Å². The van der Waals surface area contributed by atoms with E-state index >= 15 is 0 Å². The first-order valence-electron chi connectivity index (χ1n) is 9.44. The van der Waals surface area contributed by atoms with E-state index in [0.717, 1.165) is 38.3 Å². The minimum absolute atomic E-state index is 0.277. The van der Waals surface area contributed by atoms with Crippen LogP contribution in [0.3, 0.4) is 0 Å². The molecule has 1 aromatic carbocycles. The van der Waals surface area contributed by atoms with E-state index in [1.54, 1.807) is 7.11 Å². The van der Waals surface area contributed by atoms with Crippen molar-refractivity contribution < 1.29 is 9.47 Å². The van der Waals surface area contributed by atoms with Crippen LogP contribution in [0.15, 0.2) is 24.3 Å². The second-order valence-corrected chi connectivity index (χ2v) is 7.26. The number of hydrogen-bond acceptors (Lipinski definition) is 4. The normalized spacial score (nSPS) is 22.9. The van der Waals surface area contributed by atoms with Gasteiger partial charge in [0.15, 0.2) is 0 Å². The molecule has 24 heavy (non-hydrogen) atoms. The van der Waals surface area contributed by atoms with Crippen LogP contribution in [-0.2, 0) is 4.74 Å². The Balaban J connectivity index is 1.63. The molecular weight excluding hydrogens is 300 g/mol. The highest BCUT2D eigenvalue weighted by Gasteiger charge is 2.38. The van der Waals surface area contributed by atoms with Crippen molar-refractivity contribution in [3.05, 3.63) is 29.8 Å². The van der Waals surface area contributed by atoms with Crippen molar-refractivity contribution in [2.45, 2.75) is 50.6 Å². The Labute approximate surface area is 146 Å². The number of benzene rings is 1. The van der Waals surface area contributed by atoms with Gasteiger partial charge in [-0.25, -0.2) is 0 Å². The summed E-state index contributed by atoms with van der Waals surface area (Å²) in [6.07, 6.45) is 6.37. The fourth-order valence-electron chi connectivity index (χ4n) is 4.08. The number of nitrogens with one attached hydrogen (secondary N) is 1. The summed E-state index contributed by atoms with van der Waals surface area (Å²) in [5.74, 6) is 0.917. The molecule has 0 radical (unpaired) electrons. The van der Waals surface area contributed by atoms with Gasteiger partial charge in [-0.15, -0.1) is 0 Å². The highest BCUT2D eigenvalue weighted by molar-refractivity contribution is 5.28. The van der Waals surface area contributed by atoms with Gasteiger partial charge in [-0.2, -0.15) is 0 Å². The first kappa shape index (κ1) is 17.7. The SMILES string of the molecule is COc1ccc(C(C)NCC2(N3CCCCC3)CCOCC2)cc1. The van der Waals surface area contributed by atoms with Crippen LogP contribution in [-0.4, -0.2) is 50.4 Å². The molecule has 2 fully saturated rings. The average molecular weight is 332 g/mol. The van der Waals surface area contributed by atoms with E-state index in [2.05, 4.69) is 29.3 Å². The summed E-state index contributed by atoms with van der Waals surface area (Å²) in [6.45, 7) is 7.59. The van der Waals surface area contributed by atoms with Crippen LogP contribution in [0.4, 0.5) is 0 Å². The zero-order valence-corrected chi connectivity index (χ0v) is 15.2. The summed E-state index contributed by atoms with van der Waals surface area (Å²) in [6, 6.07) is 8.76. The van der Waals surface area contributed by atoms with Gasteiger partial charge in [0.05, 0.1) is 7.11 Å². The van der Waals surface area contributed by atoms with Crippen LogP contribution in [0.25, 0.3) is 0 Å². The summed E-state index contributed by atoms with van der Waals surface area (Å²) in [5, 5.41) is 3.81. The summed E-state index contributed by atoms with van der Waals surface area (Å²) in [4.78, 5) is 2.74. The lowest BCUT2D eigenvalue weighted by Crippen LogP contribution is -2.59. The van der Waals surface area contributed by atoms with Gasteiger partial charge in [0.25, 0.3) is 0 Å². The van der Waals surface area contributed by atoms with E-state index in [1.165, 1.54) is 37.9 Å². The first-order valence-corrected chi connectivity index (χ1v) is 9.44. The standard InChI is InChI=1S/C20H32N2O2/c1-17(18-6-8-19(23-2)9-7-18)21-16-20(10-14-24-15-11-20)22-12-4-3-5-13-22/h6-9,17,21H,3-5,10-16H2,1-2H3. The van der Waals surface area contributed by atoms with Crippen LogP contribution >= 0.6 is 0 Å². The summed E-state index contributed by atoms with van der Waals surface area (Å²) < 4.78 is 10.9. The van der Waals surface area contributed by atoms with Crippen molar-refractivity contribution in [3.8, 4) is 5.75 Å². The quantitative estimate of drug-likeness (QED) is 0.866. The molecule has 1 N–H and O–H groups in total. The topological polar surface area (TPSA) is 33.7 Å². The van der Waals surface area contributed by atoms with E-state index in [1.807, 2.05) is 12.1 Å². The third-order valence-corrected chi connectivity index (χ3v) is 5.80. The Hall–Kier alpha value is -1.10. The highest BCUT2D eigenvalue weighted by atomic mass is 16.5. The molecule has 134 valence electrons. The van der Waals surface area contributed by atoms with E-state index in [-0.39, 0.29) is 5.54 Å². The monoisotopic (exact) mass is 332 g/mol. The average Bonchev–Trinajstić information content (AvgIpc) is 2.67. The number of rotatable bonds is 6. The van der Waals surface area contributed by atoms with Crippen molar-refractivity contribution in [2.24, 2.45) is 0 Å². The van der Waals surface area contributed by atoms with Crippen LogP contribution in [0.1, 0.15) is 50.6 Å². The highest BCUT2D eigenvalue weighted by Crippen LogP contribution is 2.31. The number of methoxy groups -OCH3 is 1. The van der Waals surface area contributed by atoms with Gasteiger partial charge in [0, 0.05) is 31.3 Å². The molecule has 2 aliphatic rings. The Morgan fingerprint density at radius 3 is 2.42 bits per heavy atom. The first-order chi connectivity index (χ1) is 11.7. The maximum Gasteiger partial charge on any atom is 0.118 e. The summed E-state index contributed by atoms with van der Waals surface area (Å²) in [5.41, 5.74) is 1.59. The lowest BCUT2D eigenvalue weighted by atomic mass is 9.85. The molecule has 2 heterocycles. The van der Waals surface area contributed by atoms with Gasteiger partial charge < -0.3 is 14.8 Å². The molecule has 2 aliphatic heterocycles. The lowest BCUT2D eigenvalue weighted by Gasteiger charge is -2.48. The molecule has 3 rings (SSSR count). The third kappa shape index (κ3) is 4.11. The number of nitrogens with zero attached hydrogens (tertiary/aromatic N) is 1. The zero-order chi connectivity index (χ0) is 16.8. The number of ether oxygens (including phenoxy) is 2. The molecule has 0 aliphatic carbocycles. The zero-order valence-electron chi connectivity index (χ0n) is 15.2. The largest absolute Gasteiger partial charge is 0.497 e. The predicted octanol–water partition coefficient (Wildman–Crippen LogP) is 3.38. The van der Waals surface area contributed by atoms with Crippen LogP contribution in [0.5, 0.6) is 5.75 Å². The smallest absolute Gasteiger partial charge is 0.118 e. The molecule has 0 amide bonds. The maximum atomic E-state index is 5.66. The molecule has 0 bridgehead atoms. The molecule has 4 heteroatoms. The Bertz CT molecular complexity index is 491. The van der Waals surface area contributed by atoms with Gasteiger partial charge >= 0.3 is 0 Å². The van der Waals surface area contributed by atoms with Crippen molar-refractivity contribution in [3.63, 3.8) is 0 Å². The fourth-order valence-corrected chi connectivity index (χ4v) is 4.08. The molecule has 0 spiro atoms. The lowest BCUT2D eigenvalue weighted by molar-refractivity contribution is -0.0366. The Kier molecular flexibility index (Phi) is 6.14. The van der Waals surface area contributed by atoms with E-state index in [0.29, 0.717) is 6.04 Å². The van der Waals surface area contributed by atoms with Gasteiger partial charge in [-0.05, 0) is 63.4 Å². The van der Waals surface area contributed by atoms with Gasteiger partial charge in [0.1, 0.15) is 5.75 Å². The molecule has 2 saturated heterocycles. The molecule has 4 nitrogen and oxygen atoms in total. The van der Waals surface area contributed by atoms with Gasteiger partial charge in [-0.3, -0.25) is 4.90 Å². The minimum atomic E-state index is 0.277. The third-order valence-electron chi connectivity index (χ3n) is 5.80. The van der Waals surface area contributed by atoms with Crippen molar-refractivity contribution in [2.75, 3.05) is 40.0 Å². The second kappa shape index (κ2) is 8.32. The van der Waals surface area contributed by atoms with Crippen molar-refractivity contribution in [1.29, 1.82) is 0 Å². The summed E-state index contributed by atoms with van der Waals surface area (Å²) in [7, 11) is 1.71. The molecule has 0 saturated carbocycles. The molecule has 0 aromatic heterocycles. The maximum absolute atomic E-state index is 5.66. The van der Waals surface area contributed by atoms with Crippen molar-refractivity contribution >= 4 is 0 Å². The fraction of sp³-hybridized carbons (Fsp3) is 0.700. The Morgan fingerprint density at radius 2 is 1.79 bits per heavy atom. The van der Waals surface area contributed by atoms with Crippen LogP contribution in [0, 0.1) is 0 Å². The second-order valence-electron chi connectivity index (χ2n) is 7.26. The van der Waals surface area contributed by atoms with Gasteiger partial charge in [-0.1, -0.05) is 18.6 Å². The Morgan fingerprint density at radius 1 is 1.12 bits per heavy atom. The number of likely N-dealkylation sites (tertiary alicyclic amines) is 1. The number of hydrogen-bond donors (Lipinski definition) is 1. The number of piperidine rings is 1. The minimum Gasteiger partial charge on any atom is -0.497 e. The molecule has 1 unspecified atom stereocenters. The summed E-state index contributed by atoms with van der Waals surface area (Å²) >= 11 is 0. The van der Waals surface area contributed by atoms with Gasteiger partial charge in [0.2, 0.25) is 0 Å².